The lowest BCUT2D eigenvalue weighted by atomic mass is 9.99. The van der Waals surface area contributed by atoms with Crippen molar-refractivity contribution in [2.24, 2.45) is 5.92 Å². The van der Waals surface area contributed by atoms with Crippen LogP contribution in [0.1, 0.15) is 55.8 Å². The zero-order valence-corrected chi connectivity index (χ0v) is 16.7. The molecule has 2 N–H and O–H groups in total. The van der Waals surface area contributed by atoms with Crippen LogP contribution < -0.4 is 15.5 Å². The van der Waals surface area contributed by atoms with Crippen LogP contribution in [0.3, 0.4) is 0 Å². The van der Waals surface area contributed by atoms with Gasteiger partial charge in [-0.3, -0.25) is 9.78 Å². The SMILES string of the molecule is CC1CCN(c2ccc(Nc3cncc(C(=O)NC4CCCC4)c3)cc2)CC1. The number of hydrogen-bond acceptors (Lipinski definition) is 4. The summed E-state index contributed by atoms with van der Waals surface area (Å²) in [5.41, 5.74) is 3.72. The van der Waals surface area contributed by atoms with E-state index in [1.807, 2.05) is 6.07 Å². The van der Waals surface area contributed by atoms with E-state index in [1.54, 1.807) is 12.4 Å². The summed E-state index contributed by atoms with van der Waals surface area (Å²) in [4.78, 5) is 19.2. The summed E-state index contributed by atoms with van der Waals surface area (Å²) >= 11 is 0. The van der Waals surface area contributed by atoms with Crippen molar-refractivity contribution in [3.05, 3.63) is 48.3 Å². The summed E-state index contributed by atoms with van der Waals surface area (Å²) in [5.74, 6) is 0.806. The number of anilines is 3. The van der Waals surface area contributed by atoms with Gasteiger partial charge in [0.2, 0.25) is 0 Å². The van der Waals surface area contributed by atoms with Crippen molar-refractivity contribution >= 4 is 23.0 Å². The fourth-order valence-electron chi connectivity index (χ4n) is 4.16. The van der Waals surface area contributed by atoms with Crippen molar-refractivity contribution in [3.63, 3.8) is 0 Å². The summed E-state index contributed by atoms with van der Waals surface area (Å²) < 4.78 is 0. The summed E-state index contributed by atoms with van der Waals surface area (Å²) in [6, 6.07) is 10.7. The number of aromatic nitrogens is 1. The fraction of sp³-hybridized carbons (Fsp3) is 0.478. The Morgan fingerprint density at radius 2 is 1.71 bits per heavy atom. The second-order valence-electron chi connectivity index (χ2n) is 8.26. The summed E-state index contributed by atoms with van der Waals surface area (Å²) in [7, 11) is 0. The van der Waals surface area contributed by atoms with Gasteiger partial charge in [-0.1, -0.05) is 19.8 Å². The van der Waals surface area contributed by atoms with E-state index >= 15 is 0 Å². The number of amides is 1. The first-order chi connectivity index (χ1) is 13.7. The van der Waals surface area contributed by atoms with Crippen LogP contribution in [0.5, 0.6) is 0 Å². The number of nitrogens with zero attached hydrogens (tertiary/aromatic N) is 2. The van der Waals surface area contributed by atoms with Crippen LogP contribution in [0.2, 0.25) is 0 Å². The largest absolute Gasteiger partial charge is 0.372 e. The molecule has 0 unspecified atom stereocenters. The molecule has 1 aromatic heterocycles. The van der Waals surface area contributed by atoms with Crippen molar-refractivity contribution in [3.8, 4) is 0 Å². The molecule has 0 radical (unpaired) electrons. The zero-order chi connectivity index (χ0) is 19.3. The fourth-order valence-corrected chi connectivity index (χ4v) is 4.16. The maximum Gasteiger partial charge on any atom is 0.253 e. The minimum atomic E-state index is -0.0299. The summed E-state index contributed by atoms with van der Waals surface area (Å²) in [5, 5.41) is 6.49. The van der Waals surface area contributed by atoms with Gasteiger partial charge in [0.25, 0.3) is 5.91 Å². The molecule has 0 atom stereocenters. The number of carbonyl (C=O) groups excluding carboxylic acids is 1. The lowest BCUT2D eigenvalue weighted by Crippen LogP contribution is -2.32. The lowest BCUT2D eigenvalue weighted by Gasteiger charge is -2.32. The van der Waals surface area contributed by atoms with Crippen LogP contribution in [0.25, 0.3) is 0 Å². The topological polar surface area (TPSA) is 57.3 Å². The van der Waals surface area contributed by atoms with Crippen LogP contribution in [-0.4, -0.2) is 30.0 Å². The van der Waals surface area contributed by atoms with Gasteiger partial charge in [-0.15, -0.1) is 0 Å². The molecular formula is C23H30N4O. The quantitative estimate of drug-likeness (QED) is 0.789. The first-order valence-electron chi connectivity index (χ1n) is 10.6. The molecule has 5 heteroatoms. The second kappa shape index (κ2) is 8.63. The first kappa shape index (κ1) is 18.8. The minimum absolute atomic E-state index is 0.0299. The Bertz CT molecular complexity index is 791. The Balaban J connectivity index is 1.38. The van der Waals surface area contributed by atoms with E-state index in [0.29, 0.717) is 11.6 Å². The molecule has 5 nitrogen and oxygen atoms in total. The van der Waals surface area contributed by atoms with Gasteiger partial charge in [-0.05, 0) is 61.9 Å². The molecule has 1 saturated carbocycles. The van der Waals surface area contributed by atoms with Gasteiger partial charge in [0.05, 0.1) is 17.4 Å². The third-order valence-electron chi connectivity index (χ3n) is 6.00. The number of pyridine rings is 1. The molecule has 2 aromatic rings. The van der Waals surface area contributed by atoms with Gasteiger partial charge in [-0.2, -0.15) is 0 Å². The Morgan fingerprint density at radius 1 is 1.00 bits per heavy atom. The maximum atomic E-state index is 12.5. The second-order valence-corrected chi connectivity index (χ2v) is 8.26. The molecule has 1 amide bonds. The molecule has 1 aliphatic heterocycles. The molecule has 1 aromatic carbocycles. The predicted octanol–water partition coefficient (Wildman–Crippen LogP) is 4.73. The molecule has 1 aliphatic carbocycles. The van der Waals surface area contributed by atoms with Gasteiger partial charge in [-0.25, -0.2) is 0 Å². The van der Waals surface area contributed by atoms with Crippen molar-refractivity contribution in [2.75, 3.05) is 23.3 Å². The average molecular weight is 379 g/mol. The van der Waals surface area contributed by atoms with E-state index in [1.165, 1.54) is 31.4 Å². The number of hydrogen-bond donors (Lipinski definition) is 2. The Kier molecular flexibility index (Phi) is 5.79. The van der Waals surface area contributed by atoms with Crippen LogP contribution in [0.4, 0.5) is 17.1 Å². The van der Waals surface area contributed by atoms with Gasteiger partial charge in [0, 0.05) is 36.7 Å². The molecule has 2 fully saturated rings. The summed E-state index contributed by atoms with van der Waals surface area (Å²) in [6.07, 6.45) is 10.5. The highest BCUT2D eigenvalue weighted by molar-refractivity contribution is 5.95. The smallest absolute Gasteiger partial charge is 0.253 e. The molecule has 0 bridgehead atoms. The van der Waals surface area contributed by atoms with Crippen molar-refractivity contribution in [1.82, 2.24) is 10.3 Å². The van der Waals surface area contributed by atoms with Crippen LogP contribution >= 0.6 is 0 Å². The van der Waals surface area contributed by atoms with Gasteiger partial charge in [0.15, 0.2) is 0 Å². The van der Waals surface area contributed by atoms with Crippen LogP contribution in [-0.2, 0) is 0 Å². The third kappa shape index (κ3) is 4.64. The minimum Gasteiger partial charge on any atom is -0.372 e. The molecule has 4 rings (SSSR count). The van der Waals surface area contributed by atoms with E-state index in [0.717, 1.165) is 43.2 Å². The highest BCUT2D eigenvalue weighted by Gasteiger charge is 2.18. The molecule has 2 aliphatic rings. The number of carbonyl (C=O) groups is 1. The van der Waals surface area contributed by atoms with Gasteiger partial charge < -0.3 is 15.5 Å². The van der Waals surface area contributed by atoms with Gasteiger partial charge in [0.1, 0.15) is 0 Å². The van der Waals surface area contributed by atoms with E-state index in [2.05, 4.69) is 51.7 Å². The van der Waals surface area contributed by atoms with Crippen molar-refractivity contribution in [1.29, 1.82) is 0 Å². The monoisotopic (exact) mass is 378 g/mol. The number of benzene rings is 1. The highest BCUT2D eigenvalue weighted by atomic mass is 16.1. The molecule has 0 spiro atoms. The molecule has 148 valence electrons. The molecule has 1 saturated heterocycles. The highest BCUT2D eigenvalue weighted by Crippen LogP contribution is 2.25. The van der Waals surface area contributed by atoms with E-state index in [9.17, 15) is 4.79 Å². The molecule has 28 heavy (non-hydrogen) atoms. The van der Waals surface area contributed by atoms with Crippen LogP contribution in [0, 0.1) is 5.92 Å². The average Bonchev–Trinajstić information content (AvgIpc) is 3.22. The Morgan fingerprint density at radius 3 is 2.43 bits per heavy atom. The Labute approximate surface area is 167 Å². The third-order valence-corrected chi connectivity index (χ3v) is 6.00. The van der Waals surface area contributed by atoms with E-state index in [4.69, 9.17) is 0 Å². The van der Waals surface area contributed by atoms with Crippen LogP contribution in [0.15, 0.2) is 42.7 Å². The lowest BCUT2D eigenvalue weighted by molar-refractivity contribution is 0.0937. The zero-order valence-electron chi connectivity index (χ0n) is 16.7. The van der Waals surface area contributed by atoms with Crippen molar-refractivity contribution in [2.45, 2.75) is 51.5 Å². The van der Waals surface area contributed by atoms with Gasteiger partial charge >= 0.3 is 0 Å². The molecular weight excluding hydrogens is 348 g/mol. The van der Waals surface area contributed by atoms with E-state index < -0.39 is 0 Å². The summed E-state index contributed by atoms with van der Waals surface area (Å²) in [6.45, 7) is 4.60. The molecule has 2 heterocycles. The number of piperidine rings is 1. The van der Waals surface area contributed by atoms with Crippen molar-refractivity contribution < 1.29 is 4.79 Å². The number of rotatable bonds is 5. The van der Waals surface area contributed by atoms with E-state index in [-0.39, 0.29) is 5.91 Å². The first-order valence-corrected chi connectivity index (χ1v) is 10.6. The normalized spacial score (nSPS) is 18.2. The predicted molar refractivity (Wildman–Crippen MR) is 114 cm³/mol. The standard InChI is InChI=1S/C23H30N4O/c1-17-10-12-27(13-11-17)22-8-6-20(7-9-22)25-21-14-18(15-24-16-21)23(28)26-19-4-2-3-5-19/h6-9,14-17,19,25H,2-5,10-13H2,1H3,(H,26,28). The number of nitrogens with one attached hydrogen (secondary N) is 2. The maximum absolute atomic E-state index is 12.5. The Hall–Kier alpha value is -2.56.